The van der Waals surface area contributed by atoms with Gasteiger partial charge >= 0.3 is 12.3 Å². The Morgan fingerprint density at radius 3 is 2.56 bits per heavy atom. The van der Waals surface area contributed by atoms with Gasteiger partial charge in [-0.1, -0.05) is 0 Å². The van der Waals surface area contributed by atoms with E-state index in [1.54, 1.807) is 0 Å². The summed E-state index contributed by atoms with van der Waals surface area (Å²) in [5, 5.41) is 2.18. The van der Waals surface area contributed by atoms with Crippen LogP contribution in [0.1, 0.15) is 6.42 Å². The molecule has 0 radical (unpaired) electrons. The molecule has 1 saturated heterocycles. The zero-order valence-corrected chi connectivity index (χ0v) is 8.18. The van der Waals surface area contributed by atoms with Gasteiger partial charge in [-0.3, -0.25) is 9.59 Å². The maximum atomic E-state index is 12.7. The molecule has 8 heteroatoms. The van der Waals surface area contributed by atoms with Gasteiger partial charge in [-0.05, 0) is 0 Å². The zero-order chi connectivity index (χ0) is 12.3. The number of halogens is 4. The van der Waals surface area contributed by atoms with E-state index < -0.39 is 37.3 Å². The Morgan fingerprint density at radius 1 is 1.38 bits per heavy atom. The van der Waals surface area contributed by atoms with Crippen molar-refractivity contribution in [3.8, 4) is 0 Å². The fraction of sp³-hybridized carbons (Fsp3) is 0.750. The summed E-state index contributed by atoms with van der Waals surface area (Å²) in [6.45, 7) is -2.07. The first-order chi connectivity index (χ1) is 7.33. The number of carbonyl (C=O) groups is 2. The Bertz CT molecular complexity index is 296. The van der Waals surface area contributed by atoms with Gasteiger partial charge in [-0.15, -0.1) is 0 Å². The largest absolute Gasteiger partial charge is 0.347 e. The molecule has 1 N–H and O–H groups in total. The van der Waals surface area contributed by atoms with Gasteiger partial charge in [0.1, 0.15) is 0 Å². The van der Waals surface area contributed by atoms with Crippen molar-refractivity contribution in [3.05, 3.63) is 0 Å². The number of nitrogens with zero attached hydrogens (tertiary/aromatic N) is 1. The number of hydrogen-bond acceptors (Lipinski definition) is 2. The summed E-state index contributed by atoms with van der Waals surface area (Å²) in [6, 6.07) is 0. The van der Waals surface area contributed by atoms with Gasteiger partial charge in [0.15, 0.2) is 0 Å². The van der Waals surface area contributed by atoms with E-state index in [-0.39, 0.29) is 13.0 Å². The molecule has 0 spiro atoms. The third-order valence-electron chi connectivity index (χ3n) is 2.12. The second-order valence-electron chi connectivity index (χ2n) is 3.40. The van der Waals surface area contributed by atoms with Crippen molar-refractivity contribution >= 4 is 11.8 Å². The summed E-state index contributed by atoms with van der Waals surface area (Å²) in [5.74, 6) is -5.49. The topological polar surface area (TPSA) is 49.4 Å². The number of amides is 2. The van der Waals surface area contributed by atoms with E-state index in [4.69, 9.17) is 0 Å². The van der Waals surface area contributed by atoms with Crippen LogP contribution in [0.15, 0.2) is 0 Å². The highest BCUT2D eigenvalue weighted by molar-refractivity contribution is 5.87. The first-order valence-electron chi connectivity index (χ1n) is 4.53. The van der Waals surface area contributed by atoms with Crippen molar-refractivity contribution in [1.82, 2.24) is 10.2 Å². The predicted octanol–water partition coefficient (Wildman–Crippen LogP) is 0.235. The van der Waals surface area contributed by atoms with Gasteiger partial charge in [0.05, 0.1) is 13.1 Å². The second kappa shape index (κ2) is 4.67. The molecule has 16 heavy (non-hydrogen) atoms. The molecule has 0 aliphatic carbocycles. The maximum absolute atomic E-state index is 12.7. The molecule has 4 nitrogen and oxygen atoms in total. The third-order valence-corrected chi connectivity index (χ3v) is 2.12. The van der Waals surface area contributed by atoms with Crippen molar-refractivity contribution in [3.63, 3.8) is 0 Å². The van der Waals surface area contributed by atoms with E-state index in [0.29, 0.717) is 4.90 Å². The van der Waals surface area contributed by atoms with E-state index >= 15 is 0 Å². The number of alkyl halides is 4. The fourth-order valence-electron chi connectivity index (χ4n) is 1.23. The van der Waals surface area contributed by atoms with Crippen molar-refractivity contribution in [2.45, 2.75) is 18.8 Å². The van der Waals surface area contributed by atoms with Crippen LogP contribution in [0.3, 0.4) is 0 Å². The van der Waals surface area contributed by atoms with Crippen LogP contribution in [0.2, 0.25) is 0 Å². The summed E-state index contributed by atoms with van der Waals surface area (Å²) in [6.07, 6.45) is -3.99. The lowest BCUT2D eigenvalue weighted by atomic mass is 10.3. The Morgan fingerprint density at radius 2 is 2.00 bits per heavy atom. The fourth-order valence-corrected chi connectivity index (χ4v) is 1.23. The molecule has 92 valence electrons. The average Bonchev–Trinajstić information content (AvgIpc) is 2.32. The van der Waals surface area contributed by atoms with Crippen LogP contribution in [0, 0.1) is 0 Å². The smallest absolute Gasteiger partial charge is 0.324 e. The molecule has 0 aromatic rings. The standard InChI is InChI=1S/C8H10F4N2O2/c9-7(10)8(11,12)4-14-2-1-5(15)13-3-6(14)16/h7H,1-4H2,(H,13,15). The lowest BCUT2D eigenvalue weighted by molar-refractivity contribution is -0.155. The van der Waals surface area contributed by atoms with Crippen molar-refractivity contribution in [2.24, 2.45) is 0 Å². The van der Waals surface area contributed by atoms with Crippen LogP contribution in [0.5, 0.6) is 0 Å². The third kappa shape index (κ3) is 3.07. The van der Waals surface area contributed by atoms with E-state index in [1.165, 1.54) is 0 Å². The summed E-state index contributed by atoms with van der Waals surface area (Å²) in [4.78, 5) is 22.6. The van der Waals surface area contributed by atoms with Crippen LogP contribution in [-0.4, -0.2) is 48.7 Å². The van der Waals surface area contributed by atoms with Crippen LogP contribution in [0.4, 0.5) is 17.6 Å². The molecule has 1 rings (SSSR count). The molecule has 0 aromatic heterocycles. The number of carbonyl (C=O) groups excluding carboxylic acids is 2. The minimum atomic E-state index is -4.25. The number of rotatable bonds is 3. The molecule has 0 atom stereocenters. The highest BCUT2D eigenvalue weighted by Gasteiger charge is 2.43. The first-order valence-corrected chi connectivity index (χ1v) is 4.53. The predicted molar refractivity (Wildman–Crippen MR) is 45.2 cm³/mol. The van der Waals surface area contributed by atoms with Gasteiger partial charge in [-0.25, -0.2) is 8.78 Å². The van der Waals surface area contributed by atoms with Crippen LogP contribution in [-0.2, 0) is 9.59 Å². The van der Waals surface area contributed by atoms with Gasteiger partial charge in [0.25, 0.3) is 0 Å². The van der Waals surface area contributed by atoms with Gasteiger partial charge in [-0.2, -0.15) is 8.78 Å². The SMILES string of the molecule is O=C1CCN(CC(F)(F)C(F)F)C(=O)CN1. The Labute approximate surface area is 88.6 Å². The normalized spacial score (nSPS) is 18.7. The van der Waals surface area contributed by atoms with Crippen LogP contribution < -0.4 is 5.32 Å². The number of hydrogen-bond donors (Lipinski definition) is 1. The van der Waals surface area contributed by atoms with Crippen molar-refractivity contribution in [2.75, 3.05) is 19.6 Å². The van der Waals surface area contributed by atoms with E-state index in [2.05, 4.69) is 5.32 Å². The minimum absolute atomic E-state index is 0.162. The Hall–Kier alpha value is -1.34. The van der Waals surface area contributed by atoms with Crippen LogP contribution >= 0.6 is 0 Å². The summed E-state index contributed by atoms with van der Waals surface area (Å²) >= 11 is 0. The molecule has 0 saturated carbocycles. The van der Waals surface area contributed by atoms with Crippen molar-refractivity contribution in [1.29, 1.82) is 0 Å². The average molecular weight is 242 g/mol. The van der Waals surface area contributed by atoms with Gasteiger partial charge in [0.2, 0.25) is 11.8 Å². The molecule has 0 bridgehead atoms. The maximum Gasteiger partial charge on any atom is 0.324 e. The number of nitrogens with one attached hydrogen (secondary N) is 1. The molecule has 1 heterocycles. The molecule has 2 amide bonds. The molecule has 0 unspecified atom stereocenters. The monoisotopic (exact) mass is 242 g/mol. The second-order valence-corrected chi connectivity index (χ2v) is 3.40. The minimum Gasteiger partial charge on any atom is -0.347 e. The van der Waals surface area contributed by atoms with E-state index in [9.17, 15) is 27.2 Å². The lowest BCUT2D eigenvalue weighted by Gasteiger charge is -2.25. The quantitative estimate of drug-likeness (QED) is 0.720. The molecular weight excluding hydrogens is 232 g/mol. The Balaban J connectivity index is 2.65. The molecule has 1 aliphatic rings. The van der Waals surface area contributed by atoms with E-state index in [0.717, 1.165) is 0 Å². The lowest BCUT2D eigenvalue weighted by Crippen LogP contribution is -2.45. The summed E-state index contributed by atoms with van der Waals surface area (Å²) in [7, 11) is 0. The van der Waals surface area contributed by atoms with Gasteiger partial charge < -0.3 is 10.2 Å². The van der Waals surface area contributed by atoms with Gasteiger partial charge in [0, 0.05) is 13.0 Å². The first kappa shape index (κ1) is 12.7. The molecular formula is C8H10F4N2O2. The molecule has 1 fully saturated rings. The van der Waals surface area contributed by atoms with Crippen molar-refractivity contribution < 1.29 is 27.2 Å². The molecule has 1 aliphatic heterocycles. The summed E-state index contributed by atoms with van der Waals surface area (Å²) < 4.78 is 49.2. The highest BCUT2D eigenvalue weighted by Crippen LogP contribution is 2.24. The summed E-state index contributed by atoms with van der Waals surface area (Å²) in [5.41, 5.74) is 0. The zero-order valence-electron chi connectivity index (χ0n) is 8.18. The Kier molecular flexibility index (Phi) is 3.71. The highest BCUT2D eigenvalue weighted by atomic mass is 19.3. The van der Waals surface area contributed by atoms with E-state index in [1.807, 2.05) is 0 Å². The molecule has 0 aromatic carbocycles. The van der Waals surface area contributed by atoms with Crippen LogP contribution in [0.25, 0.3) is 0 Å².